The molecular weight excluding hydrogens is 358 g/mol. The fraction of sp³-hybridized carbons (Fsp3) is 0.360. The first-order valence-electron chi connectivity index (χ1n) is 10.7. The maximum absolute atomic E-state index is 13.5. The quantitative estimate of drug-likeness (QED) is 0.640. The zero-order valence-electron chi connectivity index (χ0n) is 17.1. The van der Waals surface area contributed by atoms with E-state index >= 15 is 0 Å². The van der Waals surface area contributed by atoms with Crippen LogP contribution >= 0.6 is 0 Å². The van der Waals surface area contributed by atoms with Crippen molar-refractivity contribution >= 4 is 5.91 Å². The van der Waals surface area contributed by atoms with Gasteiger partial charge in [0.2, 0.25) is 0 Å². The predicted octanol–water partition coefficient (Wildman–Crippen LogP) is 5.57. The fourth-order valence-electron chi connectivity index (χ4n) is 4.91. The Morgan fingerprint density at radius 3 is 2.17 bits per heavy atom. The second-order valence-electron chi connectivity index (χ2n) is 8.54. The van der Waals surface area contributed by atoms with E-state index in [1.807, 2.05) is 0 Å². The SMILES string of the molecule is Cc1ccc(-c2n[nH]c3c2C(c2ccc(C)cc2)N(C2CCCCC2)C3=O)cc1. The lowest BCUT2D eigenvalue weighted by Gasteiger charge is -2.36. The molecule has 1 unspecified atom stereocenters. The summed E-state index contributed by atoms with van der Waals surface area (Å²) in [5.41, 5.74) is 7.28. The predicted molar refractivity (Wildman–Crippen MR) is 115 cm³/mol. The van der Waals surface area contributed by atoms with Crippen LogP contribution in [0.2, 0.25) is 0 Å². The molecular formula is C25H27N3O. The van der Waals surface area contributed by atoms with E-state index in [4.69, 9.17) is 0 Å². The van der Waals surface area contributed by atoms with E-state index in [0.29, 0.717) is 11.7 Å². The van der Waals surface area contributed by atoms with E-state index in [9.17, 15) is 4.79 Å². The Hall–Kier alpha value is -2.88. The van der Waals surface area contributed by atoms with Crippen molar-refractivity contribution in [3.05, 3.63) is 76.5 Å². The number of hydrogen-bond acceptors (Lipinski definition) is 2. The number of fused-ring (bicyclic) bond motifs is 1. The van der Waals surface area contributed by atoms with Gasteiger partial charge >= 0.3 is 0 Å². The third-order valence-corrected chi connectivity index (χ3v) is 6.49. The number of hydrogen-bond donors (Lipinski definition) is 1. The highest BCUT2D eigenvalue weighted by atomic mass is 16.2. The maximum Gasteiger partial charge on any atom is 0.273 e. The Morgan fingerprint density at radius 2 is 1.52 bits per heavy atom. The lowest BCUT2D eigenvalue weighted by atomic mass is 9.90. The van der Waals surface area contributed by atoms with Gasteiger partial charge in [-0.1, -0.05) is 78.9 Å². The molecule has 2 aromatic carbocycles. The molecule has 1 aromatic heterocycles. The Kier molecular flexibility index (Phi) is 4.50. The van der Waals surface area contributed by atoms with Crippen LogP contribution in [0.5, 0.6) is 0 Å². The number of aryl methyl sites for hydroxylation is 2. The summed E-state index contributed by atoms with van der Waals surface area (Å²) in [6.07, 6.45) is 5.85. The summed E-state index contributed by atoms with van der Waals surface area (Å²) in [5, 5.41) is 7.68. The van der Waals surface area contributed by atoms with Crippen LogP contribution in [0.15, 0.2) is 48.5 Å². The van der Waals surface area contributed by atoms with Crippen molar-refractivity contribution in [2.24, 2.45) is 0 Å². The summed E-state index contributed by atoms with van der Waals surface area (Å²) in [4.78, 5) is 15.6. The van der Waals surface area contributed by atoms with Crippen molar-refractivity contribution < 1.29 is 4.79 Å². The van der Waals surface area contributed by atoms with E-state index in [0.717, 1.165) is 29.7 Å². The first kappa shape index (κ1) is 18.2. The van der Waals surface area contributed by atoms with Gasteiger partial charge in [0.05, 0.1) is 11.7 Å². The van der Waals surface area contributed by atoms with Crippen LogP contribution in [0.4, 0.5) is 0 Å². The smallest absolute Gasteiger partial charge is 0.273 e. The first-order chi connectivity index (χ1) is 14.1. The largest absolute Gasteiger partial charge is 0.323 e. The van der Waals surface area contributed by atoms with Crippen molar-refractivity contribution in [2.75, 3.05) is 0 Å². The number of benzene rings is 2. The summed E-state index contributed by atoms with van der Waals surface area (Å²) < 4.78 is 0. The Bertz CT molecular complexity index is 1030. The van der Waals surface area contributed by atoms with Gasteiger partial charge in [0.1, 0.15) is 5.69 Å². The number of aromatic nitrogens is 2. The lowest BCUT2D eigenvalue weighted by Crippen LogP contribution is -2.40. The molecule has 1 aliphatic heterocycles. The molecule has 0 spiro atoms. The molecule has 148 valence electrons. The average molecular weight is 386 g/mol. The number of amides is 1. The molecule has 4 heteroatoms. The number of aromatic amines is 1. The van der Waals surface area contributed by atoms with E-state index in [1.165, 1.54) is 36.0 Å². The van der Waals surface area contributed by atoms with Gasteiger partial charge in [-0.25, -0.2) is 0 Å². The van der Waals surface area contributed by atoms with Crippen molar-refractivity contribution in [2.45, 2.75) is 58.0 Å². The average Bonchev–Trinajstić information content (AvgIpc) is 3.29. The van der Waals surface area contributed by atoms with Gasteiger partial charge < -0.3 is 4.90 Å². The van der Waals surface area contributed by atoms with Crippen molar-refractivity contribution in [3.63, 3.8) is 0 Å². The highest BCUT2D eigenvalue weighted by Gasteiger charge is 2.45. The normalized spacial score (nSPS) is 19.6. The summed E-state index contributed by atoms with van der Waals surface area (Å²) in [5.74, 6) is 0.100. The molecule has 1 saturated carbocycles. The molecule has 2 heterocycles. The Morgan fingerprint density at radius 1 is 0.897 bits per heavy atom. The topological polar surface area (TPSA) is 49.0 Å². The van der Waals surface area contributed by atoms with Gasteiger partial charge in [0.25, 0.3) is 5.91 Å². The number of nitrogens with one attached hydrogen (secondary N) is 1. The number of carbonyl (C=O) groups is 1. The molecule has 29 heavy (non-hydrogen) atoms. The van der Waals surface area contributed by atoms with E-state index < -0.39 is 0 Å². The second kappa shape index (κ2) is 7.18. The zero-order chi connectivity index (χ0) is 20.0. The van der Waals surface area contributed by atoms with Crippen LogP contribution in [-0.4, -0.2) is 27.0 Å². The molecule has 2 aliphatic rings. The van der Waals surface area contributed by atoms with Crippen LogP contribution in [0.25, 0.3) is 11.3 Å². The molecule has 1 aliphatic carbocycles. The number of carbonyl (C=O) groups excluding carboxylic acids is 1. The van der Waals surface area contributed by atoms with Crippen molar-refractivity contribution in [1.82, 2.24) is 15.1 Å². The molecule has 1 amide bonds. The van der Waals surface area contributed by atoms with Gasteiger partial charge in [0, 0.05) is 17.2 Å². The van der Waals surface area contributed by atoms with Crippen LogP contribution in [0.3, 0.4) is 0 Å². The van der Waals surface area contributed by atoms with Gasteiger partial charge in [0.15, 0.2) is 0 Å². The van der Waals surface area contributed by atoms with E-state index in [2.05, 4.69) is 77.5 Å². The number of rotatable bonds is 3. The Balaban J connectivity index is 1.65. The summed E-state index contributed by atoms with van der Waals surface area (Å²) in [6, 6.07) is 17.3. The molecule has 0 bridgehead atoms. The molecule has 0 radical (unpaired) electrons. The maximum atomic E-state index is 13.5. The van der Waals surface area contributed by atoms with Crippen LogP contribution < -0.4 is 0 Å². The third-order valence-electron chi connectivity index (χ3n) is 6.49. The van der Waals surface area contributed by atoms with E-state index in [1.54, 1.807) is 0 Å². The van der Waals surface area contributed by atoms with E-state index in [-0.39, 0.29) is 11.9 Å². The summed E-state index contributed by atoms with van der Waals surface area (Å²) >= 11 is 0. The first-order valence-corrected chi connectivity index (χ1v) is 10.7. The standard InChI is InChI=1S/C25H27N3O/c1-16-8-12-18(13-9-16)22-21-23(27-26-22)25(29)28(20-6-4-3-5-7-20)24(21)19-14-10-17(2)11-15-19/h8-15,20,24H,3-7H2,1-2H3,(H,26,27). The third kappa shape index (κ3) is 3.07. The van der Waals surface area contributed by atoms with Crippen LogP contribution in [-0.2, 0) is 0 Å². The number of H-pyrrole nitrogens is 1. The van der Waals surface area contributed by atoms with Crippen molar-refractivity contribution in [3.8, 4) is 11.3 Å². The summed E-state index contributed by atoms with van der Waals surface area (Å²) in [6.45, 7) is 4.19. The molecule has 4 nitrogen and oxygen atoms in total. The lowest BCUT2D eigenvalue weighted by molar-refractivity contribution is 0.0606. The van der Waals surface area contributed by atoms with Crippen LogP contribution in [0, 0.1) is 13.8 Å². The molecule has 1 fully saturated rings. The minimum absolute atomic E-state index is 0.0729. The van der Waals surface area contributed by atoms with Gasteiger partial charge in [-0.3, -0.25) is 9.89 Å². The molecule has 0 saturated heterocycles. The minimum atomic E-state index is -0.0729. The van der Waals surface area contributed by atoms with Crippen molar-refractivity contribution in [1.29, 1.82) is 0 Å². The zero-order valence-corrected chi connectivity index (χ0v) is 17.1. The van der Waals surface area contributed by atoms with Gasteiger partial charge in [-0.05, 0) is 32.3 Å². The monoisotopic (exact) mass is 385 g/mol. The van der Waals surface area contributed by atoms with Crippen LogP contribution in [0.1, 0.15) is 70.9 Å². The molecule has 5 rings (SSSR count). The Labute approximate surface area is 172 Å². The second-order valence-corrected chi connectivity index (χ2v) is 8.54. The highest BCUT2D eigenvalue weighted by Crippen LogP contribution is 2.45. The molecule has 1 N–H and O–H groups in total. The fourth-order valence-corrected chi connectivity index (χ4v) is 4.91. The van der Waals surface area contributed by atoms with Gasteiger partial charge in [-0.2, -0.15) is 5.10 Å². The highest BCUT2D eigenvalue weighted by molar-refractivity contribution is 6.00. The van der Waals surface area contributed by atoms with Gasteiger partial charge in [-0.15, -0.1) is 0 Å². The molecule has 3 aromatic rings. The minimum Gasteiger partial charge on any atom is -0.323 e. The molecule has 1 atom stereocenters. The number of nitrogens with zero attached hydrogens (tertiary/aromatic N) is 2. The summed E-state index contributed by atoms with van der Waals surface area (Å²) in [7, 11) is 0.